The monoisotopic (exact) mass is 286 g/mol. The summed E-state index contributed by atoms with van der Waals surface area (Å²) in [5.41, 5.74) is 11.8. The molecule has 4 nitrogen and oxygen atoms in total. The van der Waals surface area contributed by atoms with Gasteiger partial charge < -0.3 is 5.73 Å². The van der Waals surface area contributed by atoms with Gasteiger partial charge in [0.05, 0.1) is 11.9 Å². The van der Waals surface area contributed by atoms with Crippen molar-refractivity contribution in [1.82, 2.24) is 14.4 Å². The van der Waals surface area contributed by atoms with Gasteiger partial charge in [-0.25, -0.2) is 4.98 Å². The first-order valence-corrected chi connectivity index (χ1v) is 7.05. The minimum atomic E-state index is 0.749. The number of pyridine rings is 2. The summed E-state index contributed by atoms with van der Waals surface area (Å²) < 4.78 is 2.06. The van der Waals surface area contributed by atoms with Crippen molar-refractivity contribution >= 4 is 11.3 Å². The van der Waals surface area contributed by atoms with Crippen molar-refractivity contribution in [2.75, 3.05) is 5.73 Å². The normalized spacial score (nSPS) is 10.9. The van der Waals surface area contributed by atoms with E-state index in [0.29, 0.717) is 0 Å². The number of benzene rings is 1. The van der Waals surface area contributed by atoms with E-state index in [2.05, 4.69) is 26.5 Å². The predicted molar refractivity (Wildman–Crippen MR) is 88.3 cm³/mol. The zero-order chi connectivity index (χ0) is 14.9. The van der Waals surface area contributed by atoms with Gasteiger partial charge in [-0.1, -0.05) is 18.2 Å². The van der Waals surface area contributed by atoms with Crippen molar-refractivity contribution in [3.8, 4) is 22.4 Å². The molecule has 3 aromatic heterocycles. The van der Waals surface area contributed by atoms with Crippen LogP contribution in [-0.2, 0) is 0 Å². The van der Waals surface area contributed by atoms with E-state index in [1.54, 1.807) is 6.20 Å². The van der Waals surface area contributed by atoms with Crippen molar-refractivity contribution in [3.63, 3.8) is 0 Å². The Morgan fingerprint density at radius 3 is 2.59 bits per heavy atom. The van der Waals surface area contributed by atoms with Gasteiger partial charge in [0.1, 0.15) is 5.65 Å². The molecule has 0 aliphatic rings. The quantitative estimate of drug-likeness (QED) is 0.572. The largest absolute Gasteiger partial charge is 0.399 e. The van der Waals surface area contributed by atoms with Crippen molar-refractivity contribution in [2.24, 2.45) is 0 Å². The summed E-state index contributed by atoms with van der Waals surface area (Å²) >= 11 is 0. The van der Waals surface area contributed by atoms with E-state index in [1.807, 2.05) is 55.0 Å². The summed E-state index contributed by atoms with van der Waals surface area (Å²) in [6, 6.07) is 15.9. The number of imidazole rings is 1. The highest BCUT2D eigenvalue weighted by Crippen LogP contribution is 2.25. The molecule has 0 bridgehead atoms. The molecule has 4 heteroatoms. The molecule has 4 aromatic rings. The fourth-order valence-corrected chi connectivity index (χ4v) is 2.61. The lowest BCUT2D eigenvalue weighted by Crippen LogP contribution is -1.90. The molecule has 3 heterocycles. The minimum absolute atomic E-state index is 0.749. The maximum absolute atomic E-state index is 5.87. The summed E-state index contributed by atoms with van der Waals surface area (Å²) in [7, 11) is 0. The maximum Gasteiger partial charge on any atom is 0.137 e. The molecular formula is C18H14N4. The number of nitrogens with two attached hydrogens (primary N) is 1. The van der Waals surface area contributed by atoms with E-state index in [-0.39, 0.29) is 0 Å². The van der Waals surface area contributed by atoms with Crippen LogP contribution in [0.15, 0.2) is 73.3 Å². The van der Waals surface area contributed by atoms with Crippen LogP contribution in [0.5, 0.6) is 0 Å². The topological polar surface area (TPSA) is 56.2 Å². The highest BCUT2D eigenvalue weighted by atomic mass is 15.0. The van der Waals surface area contributed by atoms with Gasteiger partial charge in [0.25, 0.3) is 0 Å². The maximum atomic E-state index is 5.87. The van der Waals surface area contributed by atoms with Gasteiger partial charge in [-0.05, 0) is 35.9 Å². The Kier molecular flexibility index (Phi) is 2.86. The molecule has 0 unspecified atom stereocenters. The van der Waals surface area contributed by atoms with Gasteiger partial charge >= 0.3 is 0 Å². The van der Waals surface area contributed by atoms with Crippen LogP contribution in [-0.4, -0.2) is 14.4 Å². The van der Waals surface area contributed by atoms with Crippen molar-refractivity contribution in [2.45, 2.75) is 0 Å². The highest BCUT2D eigenvalue weighted by Gasteiger charge is 2.07. The van der Waals surface area contributed by atoms with Gasteiger partial charge in [-0.2, -0.15) is 0 Å². The highest BCUT2D eigenvalue weighted by molar-refractivity contribution is 5.71. The zero-order valence-corrected chi connectivity index (χ0v) is 11.8. The molecule has 1 aromatic carbocycles. The average Bonchev–Trinajstić information content (AvgIpc) is 2.99. The van der Waals surface area contributed by atoms with Gasteiger partial charge in [0.15, 0.2) is 0 Å². The van der Waals surface area contributed by atoms with Gasteiger partial charge in [0, 0.05) is 35.4 Å². The first kappa shape index (κ1) is 12.6. The number of nitrogen functional groups attached to an aromatic ring is 1. The van der Waals surface area contributed by atoms with Gasteiger partial charge in [0.2, 0.25) is 0 Å². The first-order chi connectivity index (χ1) is 10.8. The van der Waals surface area contributed by atoms with Crippen LogP contribution in [0.4, 0.5) is 5.69 Å². The average molecular weight is 286 g/mol. The van der Waals surface area contributed by atoms with Crippen LogP contribution >= 0.6 is 0 Å². The molecule has 0 aliphatic carbocycles. The molecule has 2 N–H and O–H groups in total. The zero-order valence-electron chi connectivity index (χ0n) is 11.8. The fourth-order valence-electron chi connectivity index (χ4n) is 2.61. The standard InChI is InChI=1S/C18H14N4/c19-16-5-1-3-14(9-16)17-12-21-18-10-13(6-8-22(17)18)15-4-2-7-20-11-15/h1-12H,19H2. The molecule has 4 rings (SSSR count). The smallest absolute Gasteiger partial charge is 0.137 e. The molecule has 0 saturated carbocycles. The minimum Gasteiger partial charge on any atom is -0.399 e. The van der Waals surface area contributed by atoms with Crippen molar-refractivity contribution < 1.29 is 0 Å². The van der Waals surface area contributed by atoms with Crippen LogP contribution in [0.1, 0.15) is 0 Å². The Balaban J connectivity index is 1.84. The third-order valence-corrected chi connectivity index (χ3v) is 3.69. The van der Waals surface area contributed by atoms with E-state index in [0.717, 1.165) is 33.7 Å². The Morgan fingerprint density at radius 1 is 0.864 bits per heavy atom. The fraction of sp³-hybridized carbons (Fsp3) is 0. The lowest BCUT2D eigenvalue weighted by Gasteiger charge is -2.05. The Morgan fingerprint density at radius 2 is 1.77 bits per heavy atom. The number of rotatable bonds is 2. The number of fused-ring (bicyclic) bond motifs is 1. The number of hydrogen-bond donors (Lipinski definition) is 1. The second-order valence-corrected chi connectivity index (χ2v) is 5.15. The van der Waals surface area contributed by atoms with E-state index >= 15 is 0 Å². The molecule has 0 spiro atoms. The number of nitrogens with zero attached hydrogens (tertiary/aromatic N) is 3. The molecule has 0 aliphatic heterocycles. The molecule has 22 heavy (non-hydrogen) atoms. The molecule has 0 amide bonds. The molecule has 106 valence electrons. The van der Waals surface area contributed by atoms with Crippen LogP contribution in [0.2, 0.25) is 0 Å². The van der Waals surface area contributed by atoms with E-state index in [1.165, 1.54) is 0 Å². The molecule has 0 radical (unpaired) electrons. The molecule has 0 saturated heterocycles. The summed E-state index contributed by atoms with van der Waals surface area (Å²) in [6.45, 7) is 0. The van der Waals surface area contributed by atoms with E-state index < -0.39 is 0 Å². The lowest BCUT2D eigenvalue weighted by molar-refractivity contribution is 1.19. The van der Waals surface area contributed by atoms with Gasteiger partial charge in [-0.3, -0.25) is 9.38 Å². The number of anilines is 1. The SMILES string of the molecule is Nc1cccc(-c2cnc3cc(-c4cccnc4)ccn23)c1. The third-order valence-electron chi connectivity index (χ3n) is 3.69. The van der Waals surface area contributed by atoms with Crippen LogP contribution in [0.3, 0.4) is 0 Å². The van der Waals surface area contributed by atoms with Crippen LogP contribution in [0.25, 0.3) is 28.0 Å². The van der Waals surface area contributed by atoms with Crippen LogP contribution < -0.4 is 5.73 Å². The predicted octanol–water partition coefficient (Wildman–Crippen LogP) is 3.65. The summed E-state index contributed by atoms with van der Waals surface area (Å²) in [4.78, 5) is 8.68. The summed E-state index contributed by atoms with van der Waals surface area (Å²) in [5.74, 6) is 0. The molecule has 0 fully saturated rings. The van der Waals surface area contributed by atoms with E-state index in [4.69, 9.17) is 5.73 Å². The van der Waals surface area contributed by atoms with Crippen LogP contribution in [0, 0.1) is 0 Å². The second kappa shape index (κ2) is 5.00. The van der Waals surface area contributed by atoms with Gasteiger partial charge in [-0.15, -0.1) is 0 Å². The summed E-state index contributed by atoms with van der Waals surface area (Å²) in [5, 5.41) is 0. The second-order valence-electron chi connectivity index (χ2n) is 5.15. The Bertz CT molecular complexity index is 942. The summed E-state index contributed by atoms with van der Waals surface area (Å²) in [6.07, 6.45) is 7.53. The Labute approximate surface area is 127 Å². The number of hydrogen-bond acceptors (Lipinski definition) is 3. The van der Waals surface area contributed by atoms with Crippen molar-refractivity contribution in [3.05, 3.63) is 73.3 Å². The number of aromatic nitrogens is 3. The Hall–Kier alpha value is -3.14. The van der Waals surface area contributed by atoms with E-state index in [9.17, 15) is 0 Å². The first-order valence-electron chi connectivity index (χ1n) is 7.05. The lowest BCUT2D eigenvalue weighted by atomic mass is 10.1. The molecule has 0 atom stereocenters. The third kappa shape index (κ3) is 2.11. The molecular weight excluding hydrogens is 272 g/mol. The van der Waals surface area contributed by atoms with Crippen molar-refractivity contribution in [1.29, 1.82) is 0 Å².